The number of hydrogen-bond acceptors (Lipinski definition) is 5. The number of nitrogens with zero attached hydrogens (tertiary/aromatic N) is 3. The first kappa shape index (κ1) is 18.5. The predicted octanol–water partition coefficient (Wildman–Crippen LogP) is 3.36. The molecule has 0 aliphatic heterocycles. The summed E-state index contributed by atoms with van der Waals surface area (Å²) in [7, 11) is 0. The van der Waals surface area contributed by atoms with Crippen LogP contribution < -0.4 is 10.9 Å². The molecule has 2 aromatic carbocycles. The van der Waals surface area contributed by atoms with Crippen LogP contribution in [0.1, 0.15) is 6.42 Å². The molecule has 1 amide bonds. The molecule has 0 radical (unpaired) electrons. The fraction of sp³-hybridized carbons (Fsp3) is 0.100. The Hall–Kier alpha value is -3.88. The van der Waals surface area contributed by atoms with Gasteiger partial charge in [0.05, 0.1) is 0 Å². The van der Waals surface area contributed by atoms with Gasteiger partial charge in [0, 0.05) is 24.2 Å². The van der Waals surface area contributed by atoms with Gasteiger partial charge in [0.1, 0.15) is 29.0 Å². The zero-order chi connectivity index (χ0) is 20.4. The number of halogens is 2. The maximum absolute atomic E-state index is 13.2. The summed E-state index contributed by atoms with van der Waals surface area (Å²) in [4.78, 5) is 29.0. The van der Waals surface area contributed by atoms with Gasteiger partial charge in [-0.25, -0.2) is 13.8 Å². The molecule has 146 valence electrons. The molecule has 4 aromatic rings. The zero-order valence-corrected chi connectivity index (χ0v) is 14.9. The van der Waals surface area contributed by atoms with Gasteiger partial charge in [-0.3, -0.25) is 14.2 Å². The number of rotatable bonds is 5. The number of amides is 1. The Bertz CT molecular complexity index is 1230. The number of anilines is 1. The van der Waals surface area contributed by atoms with E-state index in [1.54, 1.807) is 0 Å². The van der Waals surface area contributed by atoms with E-state index in [0.29, 0.717) is 11.3 Å². The minimum Gasteiger partial charge on any atom is -0.335 e. The van der Waals surface area contributed by atoms with Crippen LogP contribution in [0.25, 0.3) is 22.4 Å². The summed E-state index contributed by atoms with van der Waals surface area (Å²) in [5.74, 6) is -1.16. The van der Waals surface area contributed by atoms with Gasteiger partial charge in [-0.05, 0) is 48.5 Å². The van der Waals surface area contributed by atoms with Gasteiger partial charge in [-0.1, -0.05) is 5.16 Å². The van der Waals surface area contributed by atoms with Crippen molar-refractivity contribution >= 4 is 22.7 Å². The minimum atomic E-state index is -0.426. The molecule has 4 rings (SSSR count). The fourth-order valence-electron chi connectivity index (χ4n) is 2.82. The Morgan fingerprint density at radius 2 is 1.69 bits per heavy atom. The molecule has 0 saturated carbocycles. The number of nitrogens with one attached hydrogen (secondary N) is 1. The summed E-state index contributed by atoms with van der Waals surface area (Å²) in [6, 6.07) is 10.8. The molecule has 0 atom stereocenters. The highest BCUT2D eigenvalue weighted by Gasteiger charge is 2.17. The van der Waals surface area contributed by atoms with Crippen LogP contribution in [0.2, 0.25) is 0 Å². The highest BCUT2D eigenvalue weighted by atomic mass is 19.1. The number of hydrogen-bond donors (Lipinski definition) is 1. The topological polar surface area (TPSA) is 90.0 Å². The quantitative estimate of drug-likeness (QED) is 0.559. The Balaban J connectivity index is 1.55. The van der Waals surface area contributed by atoms with Crippen LogP contribution in [-0.4, -0.2) is 20.6 Å². The third-order valence-electron chi connectivity index (χ3n) is 4.29. The third kappa shape index (κ3) is 3.88. The van der Waals surface area contributed by atoms with Crippen LogP contribution in [0.15, 0.2) is 64.2 Å². The lowest BCUT2D eigenvalue weighted by atomic mass is 10.1. The van der Waals surface area contributed by atoms with Crippen LogP contribution in [0.3, 0.4) is 0 Å². The van der Waals surface area contributed by atoms with Crippen molar-refractivity contribution in [2.75, 3.05) is 5.32 Å². The largest absolute Gasteiger partial charge is 0.335 e. The smallest absolute Gasteiger partial charge is 0.266 e. The molecule has 7 nitrogen and oxygen atoms in total. The summed E-state index contributed by atoms with van der Waals surface area (Å²) in [5.41, 5.74) is 0.847. The van der Waals surface area contributed by atoms with E-state index in [0.717, 1.165) is 0 Å². The van der Waals surface area contributed by atoms with Crippen molar-refractivity contribution < 1.29 is 18.1 Å². The van der Waals surface area contributed by atoms with E-state index in [4.69, 9.17) is 4.52 Å². The number of carbonyl (C=O) groups is 1. The molecule has 29 heavy (non-hydrogen) atoms. The molecule has 2 aromatic heterocycles. The molecule has 0 spiro atoms. The fourth-order valence-corrected chi connectivity index (χ4v) is 2.82. The van der Waals surface area contributed by atoms with Gasteiger partial charge in [0.15, 0.2) is 0 Å². The van der Waals surface area contributed by atoms with Gasteiger partial charge in [0.25, 0.3) is 11.3 Å². The molecule has 0 saturated heterocycles. The number of carbonyl (C=O) groups excluding carboxylic acids is 1. The molecular formula is C20H14F2N4O3. The first-order chi connectivity index (χ1) is 14.0. The van der Waals surface area contributed by atoms with E-state index in [1.165, 1.54) is 59.4 Å². The van der Waals surface area contributed by atoms with Crippen molar-refractivity contribution in [3.8, 4) is 11.3 Å². The standard InChI is InChI=1S/C20H14F2N4O3/c21-13-3-1-12(2-4-13)18-17-19(29-25-18)23-11-26(20(17)28)10-9-16(27)24-15-7-5-14(22)6-8-15/h1-8,11H,9-10H2,(H,24,27). The Morgan fingerprint density at radius 3 is 2.38 bits per heavy atom. The Kier molecular flexibility index (Phi) is 4.86. The molecule has 2 heterocycles. The average molecular weight is 396 g/mol. The highest BCUT2D eigenvalue weighted by molar-refractivity contribution is 5.91. The van der Waals surface area contributed by atoms with Crippen molar-refractivity contribution in [1.82, 2.24) is 14.7 Å². The highest BCUT2D eigenvalue weighted by Crippen LogP contribution is 2.24. The second-order valence-electron chi connectivity index (χ2n) is 6.27. The summed E-state index contributed by atoms with van der Waals surface area (Å²) in [5, 5.41) is 6.65. The van der Waals surface area contributed by atoms with Crippen molar-refractivity contribution in [3.05, 3.63) is 76.8 Å². The van der Waals surface area contributed by atoms with E-state index in [9.17, 15) is 18.4 Å². The molecular weight excluding hydrogens is 382 g/mol. The normalized spacial score (nSPS) is 11.0. The van der Waals surface area contributed by atoms with Crippen molar-refractivity contribution in [3.63, 3.8) is 0 Å². The lowest BCUT2D eigenvalue weighted by Gasteiger charge is -2.07. The van der Waals surface area contributed by atoms with Gasteiger partial charge in [-0.15, -0.1) is 0 Å². The number of fused-ring (bicyclic) bond motifs is 1. The number of aromatic nitrogens is 3. The molecule has 0 fully saturated rings. The number of benzene rings is 2. The third-order valence-corrected chi connectivity index (χ3v) is 4.29. The Morgan fingerprint density at radius 1 is 1.03 bits per heavy atom. The monoisotopic (exact) mass is 396 g/mol. The molecule has 0 unspecified atom stereocenters. The molecule has 0 aliphatic carbocycles. The average Bonchev–Trinajstić information content (AvgIpc) is 3.15. The molecule has 0 bridgehead atoms. The second-order valence-corrected chi connectivity index (χ2v) is 6.27. The maximum atomic E-state index is 13.2. The van der Waals surface area contributed by atoms with Gasteiger partial charge < -0.3 is 9.84 Å². The maximum Gasteiger partial charge on any atom is 0.266 e. The molecule has 9 heteroatoms. The summed E-state index contributed by atoms with van der Waals surface area (Å²) in [6.07, 6.45) is 1.27. The summed E-state index contributed by atoms with van der Waals surface area (Å²) >= 11 is 0. The van der Waals surface area contributed by atoms with E-state index in [1.807, 2.05) is 0 Å². The minimum absolute atomic E-state index is 0.00162. The lowest BCUT2D eigenvalue weighted by Crippen LogP contribution is -2.23. The lowest BCUT2D eigenvalue weighted by molar-refractivity contribution is -0.116. The zero-order valence-electron chi connectivity index (χ0n) is 14.9. The first-order valence-corrected chi connectivity index (χ1v) is 8.67. The Labute approximate surface area is 162 Å². The predicted molar refractivity (Wildman–Crippen MR) is 101 cm³/mol. The van der Waals surface area contributed by atoms with Crippen LogP contribution >= 0.6 is 0 Å². The second kappa shape index (κ2) is 7.63. The molecule has 0 aliphatic rings. The van der Waals surface area contributed by atoms with E-state index >= 15 is 0 Å². The summed E-state index contributed by atoms with van der Waals surface area (Å²) in [6.45, 7) is 0.0723. The first-order valence-electron chi connectivity index (χ1n) is 8.67. The van der Waals surface area contributed by atoms with E-state index in [2.05, 4.69) is 15.5 Å². The van der Waals surface area contributed by atoms with E-state index in [-0.39, 0.29) is 35.7 Å². The number of aryl methyl sites for hydroxylation is 1. The molecule has 1 N–H and O–H groups in total. The van der Waals surface area contributed by atoms with Gasteiger partial charge >= 0.3 is 0 Å². The SMILES string of the molecule is O=C(CCn1cnc2onc(-c3ccc(F)cc3)c2c1=O)Nc1ccc(F)cc1. The van der Waals surface area contributed by atoms with Crippen molar-refractivity contribution in [1.29, 1.82) is 0 Å². The summed E-state index contributed by atoms with van der Waals surface area (Å²) < 4.78 is 32.5. The van der Waals surface area contributed by atoms with Crippen LogP contribution in [0, 0.1) is 11.6 Å². The van der Waals surface area contributed by atoms with Crippen LogP contribution in [0.5, 0.6) is 0 Å². The van der Waals surface area contributed by atoms with Gasteiger partial charge in [0.2, 0.25) is 5.91 Å². The van der Waals surface area contributed by atoms with Crippen molar-refractivity contribution in [2.45, 2.75) is 13.0 Å². The van der Waals surface area contributed by atoms with Crippen molar-refractivity contribution in [2.24, 2.45) is 0 Å². The van der Waals surface area contributed by atoms with Crippen LogP contribution in [0.4, 0.5) is 14.5 Å². The van der Waals surface area contributed by atoms with Crippen LogP contribution in [-0.2, 0) is 11.3 Å². The van der Waals surface area contributed by atoms with E-state index < -0.39 is 17.2 Å². The van der Waals surface area contributed by atoms with Gasteiger partial charge in [-0.2, -0.15) is 0 Å².